The van der Waals surface area contributed by atoms with Crippen LogP contribution in [0.2, 0.25) is 0 Å². The van der Waals surface area contributed by atoms with Crippen molar-refractivity contribution in [1.29, 1.82) is 0 Å². The van der Waals surface area contributed by atoms with Gasteiger partial charge in [0.25, 0.3) is 0 Å². The van der Waals surface area contributed by atoms with Crippen LogP contribution in [0.4, 0.5) is 0 Å². The van der Waals surface area contributed by atoms with Crippen LogP contribution in [-0.4, -0.2) is 24.7 Å². The molecule has 1 fully saturated rings. The van der Waals surface area contributed by atoms with Gasteiger partial charge in [-0.05, 0) is 43.5 Å². The zero-order chi connectivity index (χ0) is 16.5. The maximum Gasteiger partial charge on any atom is 0.115 e. The number of imidazole rings is 1. The van der Waals surface area contributed by atoms with Gasteiger partial charge in [0.2, 0.25) is 0 Å². The smallest absolute Gasteiger partial charge is 0.115 e. The molecule has 0 bridgehead atoms. The first-order valence-electron chi connectivity index (χ1n) is 8.76. The molecule has 0 saturated heterocycles. The van der Waals surface area contributed by atoms with Gasteiger partial charge in [-0.1, -0.05) is 12.1 Å². The SMILES string of the molecule is Cc1cccc(-c2nc3n(c2-c2ccc4[nH]ncc4c2)CC2CC32)n1. The minimum atomic E-state index is 0.648. The minimum absolute atomic E-state index is 0.648. The van der Waals surface area contributed by atoms with Crippen LogP contribution in [0.1, 0.15) is 23.9 Å². The summed E-state index contributed by atoms with van der Waals surface area (Å²) in [6.45, 7) is 3.11. The number of benzene rings is 1. The van der Waals surface area contributed by atoms with Gasteiger partial charge < -0.3 is 4.57 Å². The van der Waals surface area contributed by atoms with Gasteiger partial charge in [0, 0.05) is 29.1 Å². The van der Waals surface area contributed by atoms with Crippen molar-refractivity contribution in [1.82, 2.24) is 24.7 Å². The number of H-pyrrole nitrogens is 1. The van der Waals surface area contributed by atoms with Crippen LogP contribution in [0.3, 0.4) is 0 Å². The predicted molar refractivity (Wildman–Crippen MR) is 96.1 cm³/mol. The quantitative estimate of drug-likeness (QED) is 0.607. The van der Waals surface area contributed by atoms with Crippen molar-refractivity contribution in [3.05, 3.63) is 54.1 Å². The van der Waals surface area contributed by atoms with Crippen LogP contribution in [0, 0.1) is 12.8 Å². The summed E-state index contributed by atoms with van der Waals surface area (Å²) in [7, 11) is 0. The Balaban J connectivity index is 1.62. The number of aromatic nitrogens is 5. The Kier molecular flexibility index (Phi) is 2.44. The highest BCUT2D eigenvalue weighted by molar-refractivity contribution is 5.87. The number of nitrogens with zero attached hydrogens (tertiary/aromatic N) is 4. The number of nitrogens with one attached hydrogen (secondary N) is 1. The van der Waals surface area contributed by atoms with E-state index in [1.807, 2.05) is 19.2 Å². The van der Waals surface area contributed by atoms with E-state index in [-0.39, 0.29) is 0 Å². The second kappa shape index (κ2) is 4.57. The number of aryl methyl sites for hydroxylation is 1. The molecule has 0 spiro atoms. The van der Waals surface area contributed by atoms with Gasteiger partial charge in [0.05, 0.1) is 23.1 Å². The molecule has 3 aromatic heterocycles. The molecule has 0 amide bonds. The molecule has 4 heterocycles. The highest BCUT2D eigenvalue weighted by atomic mass is 15.2. The Morgan fingerprint density at radius 1 is 1.16 bits per heavy atom. The van der Waals surface area contributed by atoms with E-state index in [0.29, 0.717) is 5.92 Å². The first-order chi connectivity index (χ1) is 12.3. The molecule has 5 nitrogen and oxygen atoms in total. The van der Waals surface area contributed by atoms with Gasteiger partial charge in [-0.2, -0.15) is 5.10 Å². The summed E-state index contributed by atoms with van der Waals surface area (Å²) >= 11 is 0. The Bertz CT molecular complexity index is 1140. The Morgan fingerprint density at radius 3 is 3.04 bits per heavy atom. The fourth-order valence-corrected chi connectivity index (χ4v) is 4.17. The summed E-state index contributed by atoms with van der Waals surface area (Å²) in [4.78, 5) is 9.78. The number of fused-ring (bicyclic) bond motifs is 4. The molecule has 2 unspecified atom stereocenters. The number of rotatable bonds is 2. The molecule has 1 aliphatic carbocycles. The van der Waals surface area contributed by atoms with Gasteiger partial charge in [-0.25, -0.2) is 4.98 Å². The summed E-state index contributed by atoms with van der Waals surface area (Å²) in [6.07, 6.45) is 3.17. The third kappa shape index (κ3) is 1.86. The summed E-state index contributed by atoms with van der Waals surface area (Å²) in [6, 6.07) is 12.6. The number of hydrogen-bond donors (Lipinski definition) is 1. The molecule has 122 valence electrons. The van der Waals surface area contributed by atoms with E-state index in [0.717, 1.165) is 40.4 Å². The third-order valence-corrected chi connectivity index (χ3v) is 5.51. The standard InChI is InChI=1S/C20H17N5/c1-11-3-2-4-17(22-11)18-19(25-10-14-8-15(14)20(25)23-18)12-5-6-16-13(7-12)9-21-24-16/h2-7,9,14-15H,8,10H2,1H3,(H,21,24). The highest BCUT2D eigenvalue weighted by Gasteiger charge is 2.48. The molecular weight excluding hydrogens is 310 g/mol. The predicted octanol–water partition coefficient (Wildman–Crippen LogP) is 3.91. The van der Waals surface area contributed by atoms with E-state index < -0.39 is 0 Å². The second-order valence-corrected chi connectivity index (χ2v) is 7.22. The third-order valence-electron chi connectivity index (χ3n) is 5.51. The summed E-state index contributed by atoms with van der Waals surface area (Å²) in [5.74, 6) is 2.68. The lowest BCUT2D eigenvalue weighted by molar-refractivity contribution is 0.675. The van der Waals surface area contributed by atoms with E-state index >= 15 is 0 Å². The molecule has 5 heteroatoms. The zero-order valence-corrected chi connectivity index (χ0v) is 13.9. The molecule has 1 aliphatic heterocycles. The van der Waals surface area contributed by atoms with Gasteiger partial charge in [-0.3, -0.25) is 10.1 Å². The molecule has 1 N–H and O–H groups in total. The molecule has 6 rings (SSSR count). The molecule has 0 radical (unpaired) electrons. The van der Waals surface area contributed by atoms with Crippen LogP contribution in [0.15, 0.2) is 42.6 Å². The van der Waals surface area contributed by atoms with E-state index in [4.69, 9.17) is 9.97 Å². The lowest BCUT2D eigenvalue weighted by Crippen LogP contribution is -2.00. The summed E-state index contributed by atoms with van der Waals surface area (Å²) in [5.41, 5.74) is 6.43. The first-order valence-corrected chi connectivity index (χ1v) is 8.76. The summed E-state index contributed by atoms with van der Waals surface area (Å²) < 4.78 is 2.42. The van der Waals surface area contributed by atoms with Gasteiger partial charge in [0.1, 0.15) is 11.5 Å². The number of hydrogen-bond acceptors (Lipinski definition) is 3. The van der Waals surface area contributed by atoms with Crippen molar-refractivity contribution in [3.8, 4) is 22.6 Å². The molecule has 1 aromatic carbocycles. The molecule has 1 saturated carbocycles. The second-order valence-electron chi connectivity index (χ2n) is 7.22. The van der Waals surface area contributed by atoms with Crippen molar-refractivity contribution in [2.45, 2.75) is 25.8 Å². The van der Waals surface area contributed by atoms with E-state index in [9.17, 15) is 0 Å². The van der Waals surface area contributed by atoms with Crippen molar-refractivity contribution < 1.29 is 0 Å². The van der Waals surface area contributed by atoms with Gasteiger partial charge in [0.15, 0.2) is 0 Å². The van der Waals surface area contributed by atoms with Gasteiger partial charge in [-0.15, -0.1) is 0 Å². The van der Waals surface area contributed by atoms with Crippen molar-refractivity contribution in [2.75, 3.05) is 0 Å². The average molecular weight is 327 g/mol. The lowest BCUT2D eigenvalue weighted by atomic mass is 10.1. The maximum absolute atomic E-state index is 5.05. The topological polar surface area (TPSA) is 59.4 Å². The highest BCUT2D eigenvalue weighted by Crippen LogP contribution is 2.55. The number of aromatic amines is 1. The number of pyridine rings is 1. The monoisotopic (exact) mass is 327 g/mol. The lowest BCUT2D eigenvalue weighted by Gasteiger charge is -2.10. The van der Waals surface area contributed by atoms with Crippen LogP contribution >= 0.6 is 0 Å². The van der Waals surface area contributed by atoms with Crippen LogP contribution in [0.25, 0.3) is 33.5 Å². The summed E-state index contributed by atoms with van der Waals surface area (Å²) in [5, 5.41) is 8.30. The van der Waals surface area contributed by atoms with E-state index in [1.165, 1.54) is 23.5 Å². The van der Waals surface area contributed by atoms with Crippen molar-refractivity contribution in [3.63, 3.8) is 0 Å². The van der Waals surface area contributed by atoms with Crippen molar-refractivity contribution in [2.24, 2.45) is 5.92 Å². The van der Waals surface area contributed by atoms with Crippen LogP contribution in [-0.2, 0) is 6.54 Å². The molecule has 2 atom stereocenters. The molecule has 2 aliphatic rings. The largest absolute Gasteiger partial charge is 0.327 e. The van der Waals surface area contributed by atoms with Gasteiger partial charge >= 0.3 is 0 Å². The van der Waals surface area contributed by atoms with E-state index in [2.05, 4.69) is 45.1 Å². The zero-order valence-electron chi connectivity index (χ0n) is 13.9. The fraction of sp³-hybridized carbons (Fsp3) is 0.250. The average Bonchev–Trinajstić information content (AvgIpc) is 2.98. The minimum Gasteiger partial charge on any atom is -0.327 e. The molecule has 4 aromatic rings. The Labute approximate surface area is 144 Å². The fourth-order valence-electron chi connectivity index (χ4n) is 4.17. The molecular formula is C20H17N5. The first kappa shape index (κ1) is 13.4. The van der Waals surface area contributed by atoms with Crippen molar-refractivity contribution >= 4 is 10.9 Å². The van der Waals surface area contributed by atoms with E-state index in [1.54, 1.807) is 0 Å². The Morgan fingerprint density at radius 2 is 2.12 bits per heavy atom. The normalized spacial score (nSPS) is 20.7. The maximum atomic E-state index is 5.05. The van der Waals surface area contributed by atoms with Crippen LogP contribution < -0.4 is 0 Å². The molecule has 25 heavy (non-hydrogen) atoms. The van der Waals surface area contributed by atoms with Crippen LogP contribution in [0.5, 0.6) is 0 Å². The Hall–Kier alpha value is -2.95.